The molecular weight excluding hydrogens is 244 g/mol. The molecule has 0 amide bonds. The van der Waals surface area contributed by atoms with Crippen LogP contribution in [0.4, 0.5) is 0 Å². The van der Waals surface area contributed by atoms with E-state index in [1.807, 2.05) is 0 Å². The number of allylic oxidation sites excluding steroid dienone is 1. The number of carbonyl (C=O) groups excluding carboxylic acids is 1. The summed E-state index contributed by atoms with van der Waals surface area (Å²) in [7, 11) is 0. The molecule has 1 nitrogen and oxygen atoms in total. The Balaban J connectivity index is 2.23. The Labute approximate surface area is 123 Å². The molecule has 0 radical (unpaired) electrons. The second-order valence-electron chi connectivity index (χ2n) is 6.10. The SMILES string of the molecule is C=C1CC[C@@H](C(=O)Cc2c(CC)cc(C)cc2CC)C1. The fraction of sp³-hybridized carbons (Fsp3) is 0.526. The van der Waals surface area contributed by atoms with E-state index in [1.165, 1.54) is 27.8 Å². The molecule has 0 aliphatic heterocycles. The Kier molecular flexibility index (Phi) is 4.80. The number of rotatable bonds is 5. The fourth-order valence-electron chi connectivity index (χ4n) is 3.35. The highest BCUT2D eigenvalue weighted by atomic mass is 16.1. The summed E-state index contributed by atoms with van der Waals surface area (Å²) >= 11 is 0. The zero-order valence-corrected chi connectivity index (χ0v) is 13.1. The summed E-state index contributed by atoms with van der Waals surface area (Å²) in [4.78, 5) is 12.5. The second kappa shape index (κ2) is 6.39. The monoisotopic (exact) mass is 270 g/mol. The van der Waals surface area contributed by atoms with Crippen molar-refractivity contribution >= 4 is 5.78 Å². The van der Waals surface area contributed by atoms with Gasteiger partial charge in [-0.05, 0) is 55.7 Å². The Morgan fingerprint density at radius 1 is 1.25 bits per heavy atom. The summed E-state index contributed by atoms with van der Waals surface area (Å²) in [5.74, 6) is 0.634. The van der Waals surface area contributed by atoms with Gasteiger partial charge in [-0.15, -0.1) is 0 Å². The highest BCUT2D eigenvalue weighted by Crippen LogP contribution is 2.31. The lowest BCUT2D eigenvalue weighted by Crippen LogP contribution is -2.16. The number of aryl methyl sites for hydroxylation is 3. The molecular formula is C19H26O. The van der Waals surface area contributed by atoms with Gasteiger partial charge in [0.15, 0.2) is 0 Å². The topological polar surface area (TPSA) is 17.1 Å². The van der Waals surface area contributed by atoms with E-state index in [-0.39, 0.29) is 5.92 Å². The van der Waals surface area contributed by atoms with Gasteiger partial charge < -0.3 is 0 Å². The van der Waals surface area contributed by atoms with Gasteiger partial charge in [-0.25, -0.2) is 0 Å². The van der Waals surface area contributed by atoms with Crippen molar-refractivity contribution in [3.63, 3.8) is 0 Å². The van der Waals surface area contributed by atoms with Gasteiger partial charge in [0, 0.05) is 12.3 Å². The lowest BCUT2D eigenvalue weighted by molar-refractivity contribution is -0.121. The van der Waals surface area contributed by atoms with Crippen LogP contribution in [0.2, 0.25) is 0 Å². The van der Waals surface area contributed by atoms with Crippen LogP contribution in [-0.4, -0.2) is 5.78 Å². The van der Waals surface area contributed by atoms with Gasteiger partial charge >= 0.3 is 0 Å². The van der Waals surface area contributed by atoms with Crippen LogP contribution in [0.15, 0.2) is 24.3 Å². The summed E-state index contributed by atoms with van der Waals surface area (Å²) < 4.78 is 0. The third-order valence-electron chi connectivity index (χ3n) is 4.53. The molecule has 1 aromatic carbocycles. The van der Waals surface area contributed by atoms with Crippen LogP contribution < -0.4 is 0 Å². The van der Waals surface area contributed by atoms with Crippen LogP contribution in [0.1, 0.15) is 55.4 Å². The molecule has 2 rings (SSSR count). The van der Waals surface area contributed by atoms with Crippen molar-refractivity contribution in [3.8, 4) is 0 Å². The molecule has 0 unspecified atom stereocenters. The van der Waals surface area contributed by atoms with Crippen molar-refractivity contribution in [2.75, 3.05) is 0 Å². The zero-order chi connectivity index (χ0) is 14.7. The van der Waals surface area contributed by atoms with E-state index in [9.17, 15) is 4.79 Å². The molecule has 0 aromatic heterocycles. The van der Waals surface area contributed by atoms with Gasteiger partial charge in [-0.1, -0.05) is 43.7 Å². The van der Waals surface area contributed by atoms with Gasteiger partial charge in [0.2, 0.25) is 0 Å². The largest absolute Gasteiger partial charge is 0.299 e. The lowest BCUT2D eigenvalue weighted by Gasteiger charge is -2.16. The third kappa shape index (κ3) is 3.20. The molecule has 0 spiro atoms. The minimum Gasteiger partial charge on any atom is -0.299 e. The first-order chi connectivity index (χ1) is 9.55. The van der Waals surface area contributed by atoms with Crippen molar-refractivity contribution in [2.45, 2.75) is 59.3 Å². The van der Waals surface area contributed by atoms with Gasteiger partial charge in [-0.3, -0.25) is 4.79 Å². The van der Waals surface area contributed by atoms with Crippen molar-refractivity contribution in [2.24, 2.45) is 5.92 Å². The minimum absolute atomic E-state index is 0.221. The van der Waals surface area contributed by atoms with Gasteiger partial charge in [0.25, 0.3) is 0 Å². The summed E-state index contributed by atoms with van der Waals surface area (Å²) in [5.41, 5.74) is 6.56. The smallest absolute Gasteiger partial charge is 0.140 e. The molecule has 1 saturated carbocycles. The third-order valence-corrected chi connectivity index (χ3v) is 4.53. The maximum atomic E-state index is 12.5. The predicted molar refractivity (Wildman–Crippen MR) is 85.1 cm³/mol. The zero-order valence-electron chi connectivity index (χ0n) is 13.1. The van der Waals surface area contributed by atoms with Crippen molar-refractivity contribution in [3.05, 3.63) is 46.5 Å². The molecule has 1 atom stereocenters. The Bertz CT molecular complexity index is 500. The number of hydrogen-bond donors (Lipinski definition) is 0. The minimum atomic E-state index is 0.221. The maximum absolute atomic E-state index is 12.5. The van der Waals surface area contributed by atoms with Crippen LogP contribution in [0.3, 0.4) is 0 Å². The molecule has 0 N–H and O–H groups in total. The van der Waals surface area contributed by atoms with Gasteiger partial charge in [-0.2, -0.15) is 0 Å². The van der Waals surface area contributed by atoms with E-state index in [1.54, 1.807) is 0 Å². The van der Waals surface area contributed by atoms with Gasteiger partial charge in [0.1, 0.15) is 5.78 Å². The highest BCUT2D eigenvalue weighted by molar-refractivity contribution is 5.84. The maximum Gasteiger partial charge on any atom is 0.140 e. The van der Waals surface area contributed by atoms with E-state index < -0.39 is 0 Å². The van der Waals surface area contributed by atoms with E-state index in [2.05, 4.69) is 39.5 Å². The molecule has 1 fully saturated rings. The summed E-state index contributed by atoms with van der Waals surface area (Å²) in [6, 6.07) is 4.49. The van der Waals surface area contributed by atoms with Crippen LogP contribution in [0, 0.1) is 12.8 Å². The van der Waals surface area contributed by atoms with Crippen molar-refractivity contribution in [1.29, 1.82) is 0 Å². The highest BCUT2D eigenvalue weighted by Gasteiger charge is 2.25. The van der Waals surface area contributed by atoms with E-state index in [0.717, 1.165) is 32.1 Å². The summed E-state index contributed by atoms with van der Waals surface area (Å²) in [5, 5.41) is 0. The number of ketones is 1. The van der Waals surface area contributed by atoms with Crippen LogP contribution in [0.25, 0.3) is 0 Å². The molecule has 0 saturated heterocycles. The van der Waals surface area contributed by atoms with E-state index >= 15 is 0 Å². The Morgan fingerprint density at radius 2 is 1.85 bits per heavy atom. The average molecular weight is 270 g/mol. The van der Waals surface area contributed by atoms with Crippen LogP contribution in [-0.2, 0) is 24.1 Å². The van der Waals surface area contributed by atoms with E-state index in [0.29, 0.717) is 12.2 Å². The first-order valence-electron chi connectivity index (χ1n) is 7.85. The second-order valence-corrected chi connectivity index (χ2v) is 6.10. The molecule has 1 aliphatic carbocycles. The standard InChI is InChI=1S/C19H26O/c1-5-15-10-14(4)11-16(6-2)18(15)12-19(20)17-8-7-13(3)9-17/h10-11,17H,3,5-9,12H2,1-2,4H3/t17-/m1/s1. The lowest BCUT2D eigenvalue weighted by atomic mass is 9.88. The summed E-state index contributed by atoms with van der Waals surface area (Å²) in [6.07, 6.45) is 5.58. The Hall–Kier alpha value is -1.37. The molecule has 0 heterocycles. The molecule has 0 bridgehead atoms. The first-order valence-corrected chi connectivity index (χ1v) is 7.85. The quantitative estimate of drug-likeness (QED) is 0.715. The Morgan fingerprint density at radius 3 is 2.30 bits per heavy atom. The van der Waals surface area contributed by atoms with Gasteiger partial charge in [0.05, 0.1) is 0 Å². The predicted octanol–water partition coefficient (Wildman–Crippen LogP) is 4.59. The number of hydrogen-bond acceptors (Lipinski definition) is 1. The van der Waals surface area contributed by atoms with E-state index in [4.69, 9.17) is 0 Å². The van der Waals surface area contributed by atoms with Crippen molar-refractivity contribution < 1.29 is 4.79 Å². The molecule has 1 heteroatoms. The van der Waals surface area contributed by atoms with Crippen LogP contribution in [0.5, 0.6) is 0 Å². The first kappa shape index (κ1) is 15.0. The number of Topliss-reactive ketones (excluding diaryl/α,β-unsaturated/α-hetero) is 1. The average Bonchev–Trinajstić information content (AvgIpc) is 2.86. The molecule has 1 aromatic rings. The van der Waals surface area contributed by atoms with Crippen molar-refractivity contribution in [1.82, 2.24) is 0 Å². The normalized spacial score (nSPS) is 18.6. The fourth-order valence-corrected chi connectivity index (χ4v) is 3.35. The molecule has 108 valence electrons. The number of benzene rings is 1. The number of carbonyl (C=O) groups is 1. The molecule has 1 aliphatic rings. The summed E-state index contributed by atoms with van der Waals surface area (Å²) in [6.45, 7) is 10.5. The van der Waals surface area contributed by atoms with Crippen LogP contribution >= 0.6 is 0 Å². The molecule has 20 heavy (non-hydrogen) atoms.